The van der Waals surface area contributed by atoms with Crippen LogP contribution in [0.25, 0.3) is 0 Å². The lowest BCUT2D eigenvalue weighted by molar-refractivity contribution is -0.156. The molecule has 1 N–H and O–H groups in total. The first-order valence-corrected chi connectivity index (χ1v) is 8.37. The minimum absolute atomic E-state index is 0.604. The van der Waals surface area contributed by atoms with Crippen LogP contribution in [-0.4, -0.2) is 6.16 Å². The molecule has 3 heteroatoms. The molecule has 1 atom stereocenters. The monoisotopic (exact) mass is 245 g/mol. The van der Waals surface area contributed by atoms with Crippen molar-refractivity contribution >= 4 is 7.94 Å². The second-order valence-electron chi connectivity index (χ2n) is 4.64. The molecule has 0 radical (unpaired) electrons. The molecule has 0 aromatic heterocycles. The fraction of sp³-hybridized carbons (Fsp3) is 1.00. The zero-order valence-corrected chi connectivity index (χ0v) is 11.7. The summed E-state index contributed by atoms with van der Waals surface area (Å²) in [6.07, 6.45) is 15.0. The molecule has 0 fully saturated rings. The standard InChI is InChI=1S/C13H28NOP/c1-2-3-4-5-6-7-8-9-10-11-12-13-16(14)15/h14H,2-13H2,1H3. The topological polar surface area (TPSA) is 46.9 Å². The van der Waals surface area contributed by atoms with Crippen molar-refractivity contribution in [2.24, 2.45) is 0 Å². The summed E-state index contributed by atoms with van der Waals surface area (Å²) >= 11 is 0. The molecule has 1 unspecified atom stereocenters. The lowest BCUT2D eigenvalue weighted by Gasteiger charge is -2.01. The van der Waals surface area contributed by atoms with Crippen LogP contribution in [0.3, 0.4) is 0 Å². The minimum atomic E-state index is -1.64. The van der Waals surface area contributed by atoms with Gasteiger partial charge in [-0.25, -0.2) is 0 Å². The van der Waals surface area contributed by atoms with Gasteiger partial charge in [-0.1, -0.05) is 64.7 Å². The maximum atomic E-state index is 10.5. The summed E-state index contributed by atoms with van der Waals surface area (Å²) in [4.78, 5) is 10.5. The Hall–Kier alpha value is 0.0600. The van der Waals surface area contributed by atoms with Gasteiger partial charge in [-0.05, 0) is 12.8 Å². The van der Waals surface area contributed by atoms with Gasteiger partial charge in [0.05, 0.1) is 0 Å². The van der Waals surface area contributed by atoms with Gasteiger partial charge in [0.2, 0.25) is 0 Å². The molecule has 0 aromatic carbocycles. The van der Waals surface area contributed by atoms with Crippen molar-refractivity contribution in [1.29, 1.82) is 5.16 Å². The summed E-state index contributed by atoms with van der Waals surface area (Å²) in [5.74, 6) is 0. The van der Waals surface area contributed by atoms with Gasteiger partial charge in [0.1, 0.15) is 6.16 Å². The van der Waals surface area contributed by atoms with Crippen molar-refractivity contribution < 1.29 is 4.89 Å². The van der Waals surface area contributed by atoms with Crippen LogP contribution < -0.4 is 4.89 Å². The lowest BCUT2D eigenvalue weighted by Crippen LogP contribution is -1.90. The second kappa shape index (κ2) is 13.1. The van der Waals surface area contributed by atoms with Gasteiger partial charge in [-0.15, -0.1) is 5.16 Å². The van der Waals surface area contributed by atoms with Crippen LogP contribution in [0.1, 0.15) is 77.6 Å². The molecule has 96 valence electrons. The maximum absolute atomic E-state index is 10.5. The summed E-state index contributed by atoms with van der Waals surface area (Å²) in [6, 6.07) is 0. The molecule has 0 heterocycles. The maximum Gasteiger partial charge on any atom is 0.159 e. The van der Waals surface area contributed by atoms with E-state index in [0.717, 1.165) is 12.8 Å². The predicted octanol–water partition coefficient (Wildman–Crippen LogP) is 4.82. The highest BCUT2D eigenvalue weighted by Crippen LogP contribution is 2.14. The Labute approximate surface area is 102 Å². The number of unbranched alkanes of at least 4 members (excludes halogenated alkanes) is 10. The average molecular weight is 245 g/mol. The molecule has 0 saturated heterocycles. The first-order valence-electron chi connectivity index (χ1n) is 6.93. The summed E-state index contributed by atoms with van der Waals surface area (Å²) in [5.41, 5.74) is 0. The Morgan fingerprint density at radius 1 is 0.750 bits per heavy atom. The molecule has 0 spiro atoms. The van der Waals surface area contributed by atoms with E-state index in [1.807, 2.05) is 0 Å². The van der Waals surface area contributed by atoms with Crippen molar-refractivity contribution in [3.8, 4) is 0 Å². The van der Waals surface area contributed by atoms with Crippen molar-refractivity contribution in [3.63, 3.8) is 0 Å². The van der Waals surface area contributed by atoms with E-state index in [-0.39, 0.29) is 0 Å². The normalized spacial score (nSPS) is 11.8. The van der Waals surface area contributed by atoms with E-state index in [1.165, 1.54) is 57.8 Å². The van der Waals surface area contributed by atoms with Gasteiger partial charge in [-0.2, -0.15) is 0 Å². The van der Waals surface area contributed by atoms with Crippen molar-refractivity contribution in [2.75, 3.05) is 6.16 Å². The number of hydrogen-bond acceptors (Lipinski definition) is 2. The molecule has 16 heavy (non-hydrogen) atoms. The highest BCUT2D eigenvalue weighted by atomic mass is 31.1. The Morgan fingerprint density at radius 2 is 1.12 bits per heavy atom. The zero-order valence-electron chi connectivity index (χ0n) is 10.8. The van der Waals surface area contributed by atoms with Crippen molar-refractivity contribution in [1.82, 2.24) is 0 Å². The molecule has 0 aliphatic heterocycles. The van der Waals surface area contributed by atoms with Crippen molar-refractivity contribution in [3.05, 3.63) is 0 Å². The van der Waals surface area contributed by atoms with Crippen LogP contribution >= 0.6 is 7.94 Å². The summed E-state index contributed by atoms with van der Waals surface area (Å²) in [5, 5.41) is 6.91. The second-order valence-corrected chi connectivity index (χ2v) is 5.84. The summed E-state index contributed by atoms with van der Waals surface area (Å²) in [6.45, 7) is 2.25. The minimum Gasteiger partial charge on any atom is -0.612 e. The van der Waals surface area contributed by atoms with Crippen LogP contribution in [0.5, 0.6) is 0 Å². The van der Waals surface area contributed by atoms with Gasteiger partial charge < -0.3 is 4.89 Å². The van der Waals surface area contributed by atoms with Crippen LogP contribution in [0.4, 0.5) is 0 Å². The lowest BCUT2D eigenvalue weighted by atomic mass is 10.1. The number of rotatable bonds is 12. The average Bonchev–Trinajstić information content (AvgIpc) is 2.25. The Bertz CT molecular complexity index is 162. The van der Waals surface area contributed by atoms with E-state index in [9.17, 15) is 4.89 Å². The highest BCUT2D eigenvalue weighted by molar-refractivity contribution is 7.37. The largest absolute Gasteiger partial charge is 0.612 e. The summed E-state index contributed by atoms with van der Waals surface area (Å²) < 4.78 is 0. The quantitative estimate of drug-likeness (QED) is 0.389. The number of hydrogen-bond donors (Lipinski definition) is 1. The van der Waals surface area contributed by atoms with E-state index >= 15 is 0 Å². The first kappa shape index (κ1) is 16.1. The van der Waals surface area contributed by atoms with E-state index in [1.54, 1.807) is 0 Å². The van der Waals surface area contributed by atoms with Crippen LogP contribution in [-0.2, 0) is 0 Å². The molecule has 0 bridgehead atoms. The smallest absolute Gasteiger partial charge is 0.159 e. The van der Waals surface area contributed by atoms with Crippen molar-refractivity contribution in [2.45, 2.75) is 77.6 Å². The predicted molar refractivity (Wildman–Crippen MR) is 71.0 cm³/mol. The third kappa shape index (κ3) is 14.1. The number of nitrogens with one attached hydrogen (secondary N) is 1. The molecular formula is C13H28NOP. The molecule has 0 aliphatic carbocycles. The van der Waals surface area contributed by atoms with Gasteiger partial charge in [0, 0.05) is 0 Å². The Kier molecular flexibility index (Phi) is 13.2. The zero-order chi connectivity index (χ0) is 12.1. The van der Waals surface area contributed by atoms with E-state index < -0.39 is 7.94 Å². The molecule has 0 saturated carbocycles. The van der Waals surface area contributed by atoms with E-state index in [4.69, 9.17) is 5.16 Å². The molecule has 0 aromatic rings. The Balaban J connectivity index is 2.90. The van der Waals surface area contributed by atoms with Crippen LogP contribution in [0.2, 0.25) is 0 Å². The molecule has 2 nitrogen and oxygen atoms in total. The van der Waals surface area contributed by atoms with Crippen LogP contribution in [0.15, 0.2) is 0 Å². The SMILES string of the molecule is CCCCCCCCCCCCC[P+](=N)[O-]. The Morgan fingerprint density at radius 3 is 1.50 bits per heavy atom. The van der Waals surface area contributed by atoms with Gasteiger partial charge in [0.15, 0.2) is 7.94 Å². The fourth-order valence-electron chi connectivity index (χ4n) is 1.92. The van der Waals surface area contributed by atoms with E-state index in [0.29, 0.717) is 6.16 Å². The van der Waals surface area contributed by atoms with Gasteiger partial charge >= 0.3 is 0 Å². The molecule has 0 rings (SSSR count). The molecule has 0 amide bonds. The summed E-state index contributed by atoms with van der Waals surface area (Å²) in [7, 11) is -1.64. The first-order chi connectivity index (χ1) is 7.77. The third-order valence-electron chi connectivity index (χ3n) is 2.96. The third-order valence-corrected chi connectivity index (χ3v) is 3.69. The van der Waals surface area contributed by atoms with Gasteiger partial charge in [0.25, 0.3) is 0 Å². The molecular weight excluding hydrogens is 217 g/mol. The molecule has 0 aliphatic rings. The fourth-order valence-corrected chi connectivity index (χ4v) is 2.43. The van der Waals surface area contributed by atoms with E-state index in [2.05, 4.69) is 6.92 Å². The highest BCUT2D eigenvalue weighted by Gasteiger charge is 1.96. The van der Waals surface area contributed by atoms with Gasteiger partial charge in [-0.3, -0.25) is 0 Å². The van der Waals surface area contributed by atoms with Crippen LogP contribution in [0, 0.1) is 5.16 Å².